The van der Waals surface area contributed by atoms with Crippen molar-refractivity contribution in [3.05, 3.63) is 69.2 Å². The summed E-state index contributed by atoms with van der Waals surface area (Å²) in [7, 11) is 0. The smallest absolute Gasteiger partial charge is 0.347 e. The summed E-state index contributed by atoms with van der Waals surface area (Å²) in [5.74, 6) is 0.630. The van der Waals surface area contributed by atoms with Crippen LogP contribution in [0.2, 0.25) is 5.02 Å². The predicted molar refractivity (Wildman–Crippen MR) is 116 cm³/mol. The molecule has 0 radical (unpaired) electrons. The van der Waals surface area contributed by atoms with Gasteiger partial charge in [-0.2, -0.15) is 5.10 Å². The Labute approximate surface area is 174 Å². The Morgan fingerprint density at radius 3 is 2.62 bits per heavy atom. The minimum Gasteiger partial charge on any atom is -0.403 e. The van der Waals surface area contributed by atoms with Gasteiger partial charge >= 0.3 is 5.63 Å². The minimum absolute atomic E-state index is 0.249. The number of benzene rings is 2. The van der Waals surface area contributed by atoms with E-state index in [0.29, 0.717) is 34.0 Å². The fraction of sp³-hybridized carbons (Fsp3) is 0.261. The summed E-state index contributed by atoms with van der Waals surface area (Å²) < 4.78 is 7.54. The van der Waals surface area contributed by atoms with E-state index >= 15 is 0 Å². The van der Waals surface area contributed by atoms with Crippen LogP contribution < -0.4 is 5.63 Å². The molecule has 0 spiro atoms. The first-order valence-corrected chi connectivity index (χ1v) is 9.96. The second kappa shape index (κ2) is 7.48. The third-order valence-electron chi connectivity index (χ3n) is 4.80. The van der Waals surface area contributed by atoms with Crippen LogP contribution in [0.3, 0.4) is 0 Å². The molecular weight excluding hydrogens is 386 g/mol. The third kappa shape index (κ3) is 3.58. The molecule has 0 unspecified atom stereocenters. The van der Waals surface area contributed by atoms with E-state index in [4.69, 9.17) is 21.0 Å². The standard InChI is InChI=1S/C23H22ClN3O2/c1-13(2)12-27-21(16-7-5-6-8-19(16)24)18(11-25-27)22-26-20-15(4)9-14(3)10-17(20)23(28)29-22/h5-11,13H,12H2,1-4H3. The van der Waals surface area contributed by atoms with E-state index in [-0.39, 0.29) is 5.89 Å². The van der Waals surface area contributed by atoms with Gasteiger partial charge in [0.1, 0.15) is 0 Å². The normalized spacial score (nSPS) is 11.5. The number of aromatic nitrogens is 3. The van der Waals surface area contributed by atoms with Crippen LogP contribution >= 0.6 is 11.6 Å². The molecule has 6 heteroatoms. The molecule has 0 amide bonds. The molecule has 0 bridgehead atoms. The minimum atomic E-state index is -0.404. The molecule has 0 saturated carbocycles. The zero-order valence-corrected chi connectivity index (χ0v) is 17.6. The highest BCUT2D eigenvalue weighted by atomic mass is 35.5. The number of fused-ring (bicyclic) bond motifs is 1. The maximum atomic E-state index is 12.7. The topological polar surface area (TPSA) is 60.9 Å². The summed E-state index contributed by atoms with van der Waals surface area (Å²) in [6.07, 6.45) is 1.70. The van der Waals surface area contributed by atoms with Crippen LogP contribution in [-0.4, -0.2) is 14.8 Å². The summed E-state index contributed by atoms with van der Waals surface area (Å²) in [5.41, 5.74) is 4.44. The largest absolute Gasteiger partial charge is 0.403 e. The van der Waals surface area contributed by atoms with Crippen LogP contribution in [0.4, 0.5) is 0 Å². The van der Waals surface area contributed by atoms with Crippen molar-refractivity contribution in [2.24, 2.45) is 5.92 Å². The second-order valence-corrected chi connectivity index (χ2v) is 8.15. The van der Waals surface area contributed by atoms with E-state index < -0.39 is 5.63 Å². The van der Waals surface area contributed by atoms with E-state index in [1.165, 1.54) is 0 Å². The van der Waals surface area contributed by atoms with Gasteiger partial charge in [-0.05, 0) is 43.0 Å². The third-order valence-corrected chi connectivity index (χ3v) is 5.13. The maximum absolute atomic E-state index is 12.7. The first kappa shape index (κ1) is 19.4. The van der Waals surface area contributed by atoms with Crippen molar-refractivity contribution in [1.82, 2.24) is 14.8 Å². The van der Waals surface area contributed by atoms with E-state index in [9.17, 15) is 4.79 Å². The van der Waals surface area contributed by atoms with Crippen LogP contribution in [0.1, 0.15) is 25.0 Å². The van der Waals surface area contributed by atoms with E-state index in [1.807, 2.05) is 54.9 Å². The molecule has 0 aliphatic rings. The molecule has 29 heavy (non-hydrogen) atoms. The average molecular weight is 408 g/mol. The molecule has 0 N–H and O–H groups in total. The molecule has 0 fully saturated rings. The van der Waals surface area contributed by atoms with E-state index in [0.717, 1.165) is 22.4 Å². The molecule has 0 saturated heterocycles. The Hall–Kier alpha value is -2.92. The van der Waals surface area contributed by atoms with Crippen LogP contribution in [0, 0.1) is 19.8 Å². The summed E-state index contributed by atoms with van der Waals surface area (Å²) in [6.45, 7) is 8.85. The molecule has 2 aromatic carbocycles. The zero-order chi connectivity index (χ0) is 20.7. The number of hydrogen-bond donors (Lipinski definition) is 0. The quantitative estimate of drug-likeness (QED) is 0.439. The Kier molecular flexibility index (Phi) is 5.01. The van der Waals surface area contributed by atoms with E-state index in [1.54, 1.807) is 6.20 Å². The zero-order valence-electron chi connectivity index (χ0n) is 16.9. The average Bonchev–Trinajstić information content (AvgIpc) is 3.05. The van der Waals surface area contributed by atoms with Gasteiger partial charge in [0, 0.05) is 17.1 Å². The molecule has 4 aromatic rings. The monoisotopic (exact) mass is 407 g/mol. The van der Waals surface area contributed by atoms with Gasteiger partial charge in [-0.1, -0.05) is 49.7 Å². The summed E-state index contributed by atoms with van der Waals surface area (Å²) >= 11 is 6.50. The number of nitrogens with zero attached hydrogens (tertiary/aromatic N) is 3. The molecular formula is C23H22ClN3O2. The van der Waals surface area contributed by atoms with Crippen molar-refractivity contribution in [2.75, 3.05) is 0 Å². The van der Waals surface area contributed by atoms with E-state index in [2.05, 4.69) is 18.9 Å². The number of halogens is 1. The van der Waals surface area contributed by atoms with Crippen molar-refractivity contribution in [1.29, 1.82) is 0 Å². The number of aryl methyl sites for hydroxylation is 2. The molecule has 0 aliphatic heterocycles. The maximum Gasteiger partial charge on any atom is 0.347 e. The van der Waals surface area contributed by atoms with Crippen molar-refractivity contribution in [2.45, 2.75) is 34.2 Å². The van der Waals surface area contributed by atoms with Gasteiger partial charge < -0.3 is 4.42 Å². The summed E-state index contributed by atoms with van der Waals surface area (Å²) in [4.78, 5) is 17.4. The van der Waals surface area contributed by atoms with Gasteiger partial charge in [-0.3, -0.25) is 4.68 Å². The Morgan fingerprint density at radius 2 is 1.90 bits per heavy atom. The first-order chi connectivity index (χ1) is 13.8. The lowest BCUT2D eigenvalue weighted by molar-refractivity contribution is 0.487. The molecule has 0 aliphatic carbocycles. The van der Waals surface area contributed by atoms with Crippen molar-refractivity contribution in [3.63, 3.8) is 0 Å². The fourth-order valence-corrected chi connectivity index (χ4v) is 3.84. The van der Waals surface area contributed by atoms with Gasteiger partial charge in [0.05, 0.1) is 28.4 Å². The number of rotatable bonds is 4. The van der Waals surface area contributed by atoms with Gasteiger partial charge in [0.15, 0.2) is 0 Å². The van der Waals surface area contributed by atoms with Crippen molar-refractivity contribution < 1.29 is 4.42 Å². The highest BCUT2D eigenvalue weighted by Crippen LogP contribution is 2.36. The Bertz CT molecular complexity index is 1270. The summed E-state index contributed by atoms with van der Waals surface area (Å²) in [6, 6.07) is 11.4. The molecule has 2 aromatic heterocycles. The highest BCUT2D eigenvalue weighted by molar-refractivity contribution is 6.33. The van der Waals surface area contributed by atoms with Crippen molar-refractivity contribution in [3.8, 4) is 22.7 Å². The predicted octanol–water partition coefficient (Wildman–Crippen LogP) is 5.64. The first-order valence-electron chi connectivity index (χ1n) is 9.58. The lowest BCUT2D eigenvalue weighted by atomic mass is 10.1. The Balaban J connectivity index is 2.00. The molecule has 5 nitrogen and oxygen atoms in total. The highest BCUT2D eigenvalue weighted by Gasteiger charge is 2.21. The molecule has 0 atom stereocenters. The van der Waals surface area contributed by atoms with Crippen LogP contribution in [-0.2, 0) is 6.54 Å². The van der Waals surface area contributed by atoms with Crippen LogP contribution in [0.5, 0.6) is 0 Å². The number of hydrogen-bond acceptors (Lipinski definition) is 4. The fourth-order valence-electron chi connectivity index (χ4n) is 3.61. The van der Waals surface area contributed by atoms with Crippen LogP contribution in [0.25, 0.3) is 33.6 Å². The lowest BCUT2D eigenvalue weighted by Gasteiger charge is -2.13. The molecule has 148 valence electrons. The van der Waals surface area contributed by atoms with Gasteiger partial charge in [0.2, 0.25) is 5.89 Å². The van der Waals surface area contributed by atoms with Crippen molar-refractivity contribution >= 4 is 22.5 Å². The Morgan fingerprint density at radius 1 is 1.14 bits per heavy atom. The lowest BCUT2D eigenvalue weighted by Crippen LogP contribution is -2.08. The van der Waals surface area contributed by atoms with Gasteiger partial charge in [-0.15, -0.1) is 0 Å². The SMILES string of the molecule is Cc1cc(C)c2nc(-c3cnn(CC(C)C)c3-c3ccccc3Cl)oc(=O)c2c1. The molecule has 2 heterocycles. The van der Waals surface area contributed by atoms with Crippen LogP contribution in [0.15, 0.2) is 51.8 Å². The van der Waals surface area contributed by atoms with Gasteiger partial charge in [0.25, 0.3) is 0 Å². The van der Waals surface area contributed by atoms with Gasteiger partial charge in [-0.25, -0.2) is 9.78 Å². The summed E-state index contributed by atoms with van der Waals surface area (Å²) in [5, 5.41) is 5.64. The molecule has 4 rings (SSSR count). The second-order valence-electron chi connectivity index (χ2n) is 7.75.